The molecule has 1 amide bonds. The fourth-order valence-corrected chi connectivity index (χ4v) is 2.59. The summed E-state index contributed by atoms with van der Waals surface area (Å²) in [7, 11) is 0. The van der Waals surface area contributed by atoms with Crippen LogP contribution in [0.2, 0.25) is 0 Å². The summed E-state index contributed by atoms with van der Waals surface area (Å²) in [6.45, 7) is 1.79. The van der Waals surface area contributed by atoms with Crippen LogP contribution < -0.4 is 5.32 Å². The van der Waals surface area contributed by atoms with Crippen molar-refractivity contribution in [2.75, 3.05) is 18.4 Å². The molecule has 0 fully saturated rings. The predicted octanol–water partition coefficient (Wildman–Crippen LogP) is 1.57. The third kappa shape index (κ3) is 3.33. The average molecular weight is 298 g/mol. The van der Waals surface area contributed by atoms with E-state index in [0.717, 1.165) is 18.5 Å². The maximum atomic E-state index is 12.3. The van der Waals surface area contributed by atoms with Gasteiger partial charge in [-0.1, -0.05) is 6.07 Å². The zero-order chi connectivity index (χ0) is 15.4. The molecule has 0 saturated carbocycles. The van der Waals surface area contributed by atoms with Crippen LogP contribution in [0, 0.1) is 0 Å². The highest BCUT2D eigenvalue weighted by atomic mass is 16.3. The predicted molar refractivity (Wildman–Crippen MR) is 82.4 cm³/mol. The van der Waals surface area contributed by atoms with Gasteiger partial charge in [0.25, 0.3) is 0 Å². The molecular formula is C16H18N4O2. The van der Waals surface area contributed by atoms with Crippen molar-refractivity contribution >= 4 is 11.9 Å². The fraction of sp³-hybridized carbons (Fsp3) is 0.312. The number of benzene rings is 1. The number of rotatable bonds is 4. The summed E-state index contributed by atoms with van der Waals surface area (Å²) in [4.78, 5) is 22.2. The lowest BCUT2D eigenvalue weighted by atomic mass is 9.99. The molecule has 3 rings (SSSR count). The van der Waals surface area contributed by atoms with Crippen LogP contribution in [0.5, 0.6) is 5.75 Å². The standard InChI is InChI=1S/C16H18N4O2/c21-14-3-2-12-5-9-20(11-13(12)10-14)15(22)4-8-19-16-17-6-1-7-18-16/h1-3,6-7,10,21H,4-5,8-9,11H2,(H,17,18,19). The Morgan fingerprint density at radius 1 is 1.27 bits per heavy atom. The van der Waals surface area contributed by atoms with Gasteiger partial charge in [0.15, 0.2) is 0 Å². The monoisotopic (exact) mass is 298 g/mol. The largest absolute Gasteiger partial charge is 0.508 e. The number of nitrogens with one attached hydrogen (secondary N) is 1. The molecule has 2 heterocycles. The SMILES string of the molecule is O=C(CCNc1ncccn1)N1CCc2ccc(O)cc2C1. The molecule has 0 atom stereocenters. The normalized spacial score (nSPS) is 13.5. The van der Waals surface area contributed by atoms with Crippen LogP contribution in [0.3, 0.4) is 0 Å². The van der Waals surface area contributed by atoms with E-state index in [0.29, 0.717) is 25.5 Å². The Balaban J connectivity index is 1.53. The van der Waals surface area contributed by atoms with Gasteiger partial charge >= 0.3 is 0 Å². The number of nitrogens with zero attached hydrogens (tertiary/aromatic N) is 3. The topological polar surface area (TPSA) is 78.4 Å². The molecule has 2 aromatic rings. The summed E-state index contributed by atoms with van der Waals surface area (Å²) in [5.41, 5.74) is 2.23. The lowest BCUT2D eigenvalue weighted by molar-refractivity contribution is -0.131. The van der Waals surface area contributed by atoms with Crippen LogP contribution in [-0.2, 0) is 17.8 Å². The molecule has 6 nitrogen and oxygen atoms in total. The third-order valence-electron chi connectivity index (χ3n) is 3.74. The van der Waals surface area contributed by atoms with Gasteiger partial charge in [0.1, 0.15) is 5.75 Å². The van der Waals surface area contributed by atoms with Gasteiger partial charge in [0, 0.05) is 38.4 Å². The Bertz CT molecular complexity index is 660. The highest BCUT2D eigenvalue weighted by Crippen LogP contribution is 2.23. The summed E-state index contributed by atoms with van der Waals surface area (Å²) in [6.07, 6.45) is 4.54. The molecule has 114 valence electrons. The van der Waals surface area contributed by atoms with Crippen molar-refractivity contribution in [3.63, 3.8) is 0 Å². The molecule has 0 radical (unpaired) electrons. The van der Waals surface area contributed by atoms with Crippen molar-refractivity contribution < 1.29 is 9.90 Å². The zero-order valence-electron chi connectivity index (χ0n) is 12.2. The maximum Gasteiger partial charge on any atom is 0.224 e. The molecule has 0 aliphatic carbocycles. The Labute approximate surface area is 128 Å². The van der Waals surface area contributed by atoms with Crippen molar-refractivity contribution in [2.45, 2.75) is 19.4 Å². The van der Waals surface area contributed by atoms with E-state index >= 15 is 0 Å². The van der Waals surface area contributed by atoms with Crippen LogP contribution in [0.25, 0.3) is 0 Å². The van der Waals surface area contributed by atoms with Gasteiger partial charge in [-0.25, -0.2) is 9.97 Å². The molecule has 0 bridgehead atoms. The summed E-state index contributed by atoms with van der Waals surface area (Å²) in [5.74, 6) is 0.873. The quantitative estimate of drug-likeness (QED) is 0.896. The van der Waals surface area contributed by atoms with Gasteiger partial charge in [-0.05, 0) is 35.7 Å². The Kier molecular flexibility index (Phi) is 4.18. The minimum Gasteiger partial charge on any atom is -0.508 e. The molecule has 0 spiro atoms. The van der Waals surface area contributed by atoms with Crippen molar-refractivity contribution in [1.82, 2.24) is 14.9 Å². The number of phenols is 1. The van der Waals surface area contributed by atoms with E-state index in [4.69, 9.17) is 0 Å². The minimum atomic E-state index is 0.0948. The molecule has 0 saturated heterocycles. The Morgan fingerprint density at radius 2 is 2.09 bits per heavy atom. The summed E-state index contributed by atoms with van der Waals surface area (Å²) >= 11 is 0. The number of hydrogen-bond acceptors (Lipinski definition) is 5. The van der Waals surface area contributed by atoms with Gasteiger partial charge in [0.2, 0.25) is 11.9 Å². The Morgan fingerprint density at radius 3 is 2.91 bits per heavy atom. The van der Waals surface area contributed by atoms with Gasteiger partial charge in [-0.2, -0.15) is 0 Å². The molecule has 1 aliphatic rings. The highest BCUT2D eigenvalue weighted by Gasteiger charge is 2.20. The second-order valence-corrected chi connectivity index (χ2v) is 5.27. The van der Waals surface area contributed by atoms with Crippen LogP contribution in [0.15, 0.2) is 36.7 Å². The first-order valence-corrected chi connectivity index (χ1v) is 7.32. The fourth-order valence-electron chi connectivity index (χ4n) is 2.59. The summed E-state index contributed by atoms with van der Waals surface area (Å²) < 4.78 is 0. The first kappa shape index (κ1) is 14.3. The molecule has 1 aliphatic heterocycles. The minimum absolute atomic E-state index is 0.0948. The van der Waals surface area contributed by atoms with E-state index in [1.165, 1.54) is 5.56 Å². The van der Waals surface area contributed by atoms with Crippen molar-refractivity contribution in [3.8, 4) is 5.75 Å². The van der Waals surface area contributed by atoms with Crippen LogP contribution in [-0.4, -0.2) is 39.0 Å². The average Bonchev–Trinajstić information content (AvgIpc) is 2.55. The van der Waals surface area contributed by atoms with E-state index in [2.05, 4.69) is 15.3 Å². The van der Waals surface area contributed by atoms with Gasteiger partial charge < -0.3 is 15.3 Å². The number of aromatic nitrogens is 2. The molecule has 1 aromatic heterocycles. The van der Waals surface area contributed by atoms with Crippen LogP contribution in [0.4, 0.5) is 5.95 Å². The Hall–Kier alpha value is -2.63. The van der Waals surface area contributed by atoms with E-state index in [9.17, 15) is 9.90 Å². The van der Waals surface area contributed by atoms with E-state index in [-0.39, 0.29) is 11.7 Å². The molecule has 0 unspecified atom stereocenters. The van der Waals surface area contributed by atoms with E-state index in [1.807, 2.05) is 11.0 Å². The van der Waals surface area contributed by atoms with E-state index in [1.54, 1.807) is 30.6 Å². The zero-order valence-corrected chi connectivity index (χ0v) is 12.2. The van der Waals surface area contributed by atoms with Gasteiger partial charge in [0.05, 0.1) is 0 Å². The summed E-state index contributed by atoms with van der Waals surface area (Å²) in [5, 5.41) is 12.6. The number of fused-ring (bicyclic) bond motifs is 1. The molecule has 22 heavy (non-hydrogen) atoms. The van der Waals surface area contributed by atoms with Crippen molar-refractivity contribution in [3.05, 3.63) is 47.8 Å². The first-order valence-electron chi connectivity index (χ1n) is 7.32. The maximum absolute atomic E-state index is 12.3. The van der Waals surface area contributed by atoms with Crippen LogP contribution >= 0.6 is 0 Å². The number of amides is 1. The van der Waals surface area contributed by atoms with Crippen molar-refractivity contribution in [1.29, 1.82) is 0 Å². The first-order chi connectivity index (χ1) is 10.7. The van der Waals surface area contributed by atoms with E-state index < -0.39 is 0 Å². The molecule has 2 N–H and O–H groups in total. The lowest BCUT2D eigenvalue weighted by Crippen LogP contribution is -2.36. The molecule has 1 aromatic carbocycles. The van der Waals surface area contributed by atoms with Crippen LogP contribution in [0.1, 0.15) is 17.5 Å². The second kappa shape index (κ2) is 6.43. The number of phenolic OH excluding ortho intramolecular Hbond substituents is 1. The van der Waals surface area contributed by atoms with Gasteiger partial charge in [-0.3, -0.25) is 4.79 Å². The molecular weight excluding hydrogens is 280 g/mol. The molecule has 6 heteroatoms. The lowest BCUT2D eigenvalue weighted by Gasteiger charge is -2.29. The third-order valence-corrected chi connectivity index (χ3v) is 3.74. The summed E-state index contributed by atoms with van der Waals surface area (Å²) in [6, 6.07) is 7.11. The smallest absolute Gasteiger partial charge is 0.224 e. The number of carbonyl (C=O) groups excluding carboxylic acids is 1. The number of aromatic hydroxyl groups is 1. The second-order valence-electron chi connectivity index (χ2n) is 5.27. The van der Waals surface area contributed by atoms with Crippen molar-refractivity contribution in [2.24, 2.45) is 0 Å². The van der Waals surface area contributed by atoms with Gasteiger partial charge in [-0.15, -0.1) is 0 Å². The highest BCUT2D eigenvalue weighted by molar-refractivity contribution is 5.77. The number of carbonyl (C=O) groups is 1. The number of anilines is 1. The number of hydrogen-bond donors (Lipinski definition) is 2.